The summed E-state index contributed by atoms with van der Waals surface area (Å²) in [6, 6.07) is 18.2. The fraction of sp³-hybridized carbons (Fsp3) is 0.429. The molecule has 0 aromatic heterocycles. The molecule has 0 bridgehead atoms. The van der Waals surface area contributed by atoms with Gasteiger partial charge in [0.15, 0.2) is 0 Å². The fourth-order valence-corrected chi connectivity index (χ4v) is 4.68. The van der Waals surface area contributed by atoms with Crippen LogP contribution in [0, 0.1) is 0 Å². The van der Waals surface area contributed by atoms with E-state index in [1.807, 2.05) is 54.6 Å². The highest BCUT2D eigenvalue weighted by atomic mass is 32.2. The van der Waals surface area contributed by atoms with Gasteiger partial charge in [0.1, 0.15) is 0 Å². The van der Waals surface area contributed by atoms with E-state index in [1.165, 1.54) is 0 Å². The first kappa shape index (κ1) is 19.7. The third kappa shape index (κ3) is 5.47. The van der Waals surface area contributed by atoms with Gasteiger partial charge in [0.2, 0.25) is 10.0 Å². The molecule has 1 fully saturated rings. The molecule has 0 spiro atoms. The normalized spacial score (nSPS) is 20.4. The predicted molar refractivity (Wildman–Crippen MR) is 111 cm³/mol. The molecule has 1 saturated heterocycles. The summed E-state index contributed by atoms with van der Waals surface area (Å²) in [6.45, 7) is 5.69. The molecular weight excluding hydrogens is 360 g/mol. The first-order chi connectivity index (χ1) is 12.9. The molecule has 2 unspecified atom stereocenters. The van der Waals surface area contributed by atoms with Crippen molar-refractivity contribution in [2.45, 2.75) is 38.8 Å². The zero-order valence-electron chi connectivity index (χ0n) is 16.0. The highest BCUT2D eigenvalue weighted by Crippen LogP contribution is 2.25. The molecular formula is C21H28N2O3S. The molecule has 2 atom stereocenters. The Morgan fingerprint density at radius 2 is 1.63 bits per heavy atom. The number of nitrogens with one attached hydrogen (secondary N) is 1. The fourth-order valence-electron chi connectivity index (χ4n) is 3.56. The Morgan fingerprint density at radius 3 is 2.26 bits per heavy atom. The average molecular weight is 389 g/mol. The molecule has 5 nitrogen and oxygen atoms in total. The second kappa shape index (κ2) is 8.76. The molecule has 2 aromatic carbocycles. The molecule has 6 heteroatoms. The largest absolute Gasteiger partial charge is 0.377 e. The SMILES string of the molecule is CC1COCC(C)N1c1ccc(NS(=O)(=O)CCCc2ccccc2)cc1. The van der Waals surface area contributed by atoms with Crippen molar-refractivity contribution in [1.29, 1.82) is 0 Å². The number of anilines is 2. The van der Waals surface area contributed by atoms with Crippen LogP contribution in [0.3, 0.4) is 0 Å². The minimum absolute atomic E-state index is 0.112. The standard InChI is InChI=1S/C21H28N2O3S/c1-17-15-26-16-18(2)23(17)21-12-10-20(11-13-21)22-27(24,25)14-6-9-19-7-4-3-5-8-19/h3-5,7-8,10-13,17-18,22H,6,9,14-16H2,1-2H3. The number of sulfonamides is 1. The van der Waals surface area contributed by atoms with Gasteiger partial charge in [-0.2, -0.15) is 0 Å². The number of hydrogen-bond acceptors (Lipinski definition) is 4. The lowest BCUT2D eigenvalue weighted by Gasteiger charge is -2.40. The van der Waals surface area contributed by atoms with Crippen LogP contribution in [0.15, 0.2) is 54.6 Å². The zero-order chi connectivity index (χ0) is 19.3. The molecule has 0 amide bonds. The summed E-state index contributed by atoms with van der Waals surface area (Å²) in [6.07, 6.45) is 1.35. The summed E-state index contributed by atoms with van der Waals surface area (Å²) in [7, 11) is -3.35. The number of morpholine rings is 1. The summed E-state index contributed by atoms with van der Waals surface area (Å²) >= 11 is 0. The van der Waals surface area contributed by atoms with Crippen LogP contribution in [0.5, 0.6) is 0 Å². The van der Waals surface area contributed by atoms with E-state index in [1.54, 1.807) is 0 Å². The first-order valence-electron chi connectivity index (χ1n) is 9.45. The van der Waals surface area contributed by atoms with Gasteiger partial charge in [0, 0.05) is 23.5 Å². The minimum Gasteiger partial charge on any atom is -0.377 e. The maximum Gasteiger partial charge on any atom is 0.232 e. The molecule has 1 aliphatic rings. The van der Waals surface area contributed by atoms with Crippen molar-refractivity contribution in [1.82, 2.24) is 0 Å². The quantitative estimate of drug-likeness (QED) is 0.786. The van der Waals surface area contributed by atoms with Crippen molar-refractivity contribution < 1.29 is 13.2 Å². The molecule has 27 heavy (non-hydrogen) atoms. The van der Waals surface area contributed by atoms with Crippen LogP contribution in [-0.2, 0) is 21.2 Å². The maximum absolute atomic E-state index is 12.3. The maximum atomic E-state index is 12.3. The Hall–Kier alpha value is -2.05. The number of nitrogens with zero attached hydrogens (tertiary/aromatic N) is 1. The lowest BCUT2D eigenvalue weighted by Crippen LogP contribution is -2.49. The molecule has 0 saturated carbocycles. The molecule has 1 aliphatic heterocycles. The summed E-state index contributed by atoms with van der Waals surface area (Å²) in [5, 5.41) is 0. The van der Waals surface area contributed by atoms with Crippen LogP contribution in [0.2, 0.25) is 0 Å². The van der Waals surface area contributed by atoms with Crippen molar-refractivity contribution in [3.8, 4) is 0 Å². The molecule has 0 radical (unpaired) electrons. The van der Waals surface area contributed by atoms with Gasteiger partial charge in [0.25, 0.3) is 0 Å². The van der Waals surface area contributed by atoms with Gasteiger partial charge in [-0.3, -0.25) is 4.72 Å². The Morgan fingerprint density at radius 1 is 1.00 bits per heavy atom. The first-order valence-corrected chi connectivity index (χ1v) is 11.1. The van der Waals surface area contributed by atoms with Gasteiger partial charge in [-0.25, -0.2) is 8.42 Å². The molecule has 3 rings (SSSR count). The molecule has 1 heterocycles. The van der Waals surface area contributed by atoms with E-state index in [2.05, 4.69) is 23.5 Å². The van der Waals surface area contributed by atoms with Crippen LogP contribution in [0.1, 0.15) is 25.8 Å². The van der Waals surface area contributed by atoms with Gasteiger partial charge < -0.3 is 9.64 Å². The van der Waals surface area contributed by atoms with E-state index < -0.39 is 10.0 Å². The summed E-state index contributed by atoms with van der Waals surface area (Å²) in [5.74, 6) is 0.112. The predicted octanol–water partition coefficient (Wildman–Crippen LogP) is 3.67. The van der Waals surface area contributed by atoms with Crippen LogP contribution in [-0.4, -0.2) is 39.5 Å². The van der Waals surface area contributed by atoms with Crippen molar-refractivity contribution in [3.63, 3.8) is 0 Å². The Labute approximate surface area is 162 Å². The highest BCUT2D eigenvalue weighted by molar-refractivity contribution is 7.92. The number of hydrogen-bond donors (Lipinski definition) is 1. The van der Waals surface area contributed by atoms with Gasteiger partial charge in [0.05, 0.1) is 19.0 Å². The average Bonchev–Trinajstić information content (AvgIpc) is 2.63. The highest BCUT2D eigenvalue weighted by Gasteiger charge is 2.25. The summed E-state index contributed by atoms with van der Waals surface area (Å²) in [4.78, 5) is 2.32. The van der Waals surface area contributed by atoms with Gasteiger partial charge in [-0.1, -0.05) is 30.3 Å². The molecule has 2 aromatic rings. The van der Waals surface area contributed by atoms with E-state index in [9.17, 15) is 8.42 Å². The second-order valence-corrected chi connectivity index (χ2v) is 9.04. The number of aryl methyl sites for hydroxylation is 1. The Bertz CT molecular complexity index is 812. The number of ether oxygens (including phenoxy) is 1. The lowest BCUT2D eigenvalue weighted by atomic mass is 10.1. The van der Waals surface area contributed by atoms with E-state index >= 15 is 0 Å². The molecule has 146 valence electrons. The van der Waals surface area contributed by atoms with Crippen molar-refractivity contribution >= 4 is 21.4 Å². The monoisotopic (exact) mass is 388 g/mol. The summed E-state index contributed by atoms with van der Waals surface area (Å²) in [5.41, 5.74) is 2.85. The van der Waals surface area contributed by atoms with Gasteiger partial charge in [-0.05, 0) is 56.5 Å². The second-order valence-electron chi connectivity index (χ2n) is 7.20. The topological polar surface area (TPSA) is 58.6 Å². The van der Waals surface area contributed by atoms with E-state index in [0.29, 0.717) is 37.4 Å². The smallest absolute Gasteiger partial charge is 0.232 e. The van der Waals surface area contributed by atoms with Crippen molar-refractivity contribution in [3.05, 3.63) is 60.2 Å². The van der Waals surface area contributed by atoms with Crippen LogP contribution >= 0.6 is 0 Å². The van der Waals surface area contributed by atoms with Crippen LogP contribution < -0.4 is 9.62 Å². The number of benzene rings is 2. The molecule has 0 aliphatic carbocycles. The molecule has 1 N–H and O–H groups in total. The Kier molecular flexibility index (Phi) is 6.39. The minimum atomic E-state index is -3.35. The van der Waals surface area contributed by atoms with E-state index in [-0.39, 0.29) is 5.75 Å². The van der Waals surface area contributed by atoms with E-state index in [4.69, 9.17) is 4.74 Å². The van der Waals surface area contributed by atoms with Crippen LogP contribution in [0.4, 0.5) is 11.4 Å². The lowest BCUT2D eigenvalue weighted by molar-refractivity contribution is 0.0757. The van der Waals surface area contributed by atoms with E-state index in [0.717, 1.165) is 17.7 Å². The summed E-state index contributed by atoms with van der Waals surface area (Å²) < 4.78 is 32.9. The third-order valence-electron chi connectivity index (χ3n) is 4.83. The van der Waals surface area contributed by atoms with Crippen LogP contribution in [0.25, 0.3) is 0 Å². The zero-order valence-corrected chi connectivity index (χ0v) is 16.8. The van der Waals surface area contributed by atoms with Crippen molar-refractivity contribution in [2.24, 2.45) is 0 Å². The number of rotatable bonds is 7. The Balaban J connectivity index is 1.56. The van der Waals surface area contributed by atoms with Gasteiger partial charge in [-0.15, -0.1) is 0 Å². The third-order valence-corrected chi connectivity index (χ3v) is 6.20. The van der Waals surface area contributed by atoms with Gasteiger partial charge >= 0.3 is 0 Å². The van der Waals surface area contributed by atoms with Crippen molar-refractivity contribution in [2.75, 3.05) is 28.6 Å².